The molecule has 0 bridgehead atoms. The summed E-state index contributed by atoms with van der Waals surface area (Å²) in [5, 5.41) is -0.0749. The minimum atomic E-state index is -0.570. The maximum Gasteiger partial charge on any atom is 0.152 e. The van der Waals surface area contributed by atoms with Gasteiger partial charge in [0.2, 0.25) is 0 Å². The molecule has 0 fully saturated rings. The minimum absolute atomic E-state index is 0.0137. The SMILES string of the molecule is NC(=Nc1ccc(F)c(Cl)c1)c1ncc(F)cc1N. The van der Waals surface area contributed by atoms with Crippen molar-refractivity contribution in [2.24, 2.45) is 10.7 Å². The molecule has 0 spiro atoms. The van der Waals surface area contributed by atoms with Crippen LogP contribution in [0.15, 0.2) is 35.5 Å². The number of aromatic nitrogens is 1. The van der Waals surface area contributed by atoms with E-state index in [0.717, 1.165) is 18.3 Å². The van der Waals surface area contributed by atoms with Gasteiger partial charge in [0.15, 0.2) is 5.84 Å². The Kier molecular flexibility index (Phi) is 3.62. The zero-order valence-corrected chi connectivity index (χ0v) is 10.3. The van der Waals surface area contributed by atoms with E-state index in [2.05, 4.69) is 9.98 Å². The summed E-state index contributed by atoms with van der Waals surface area (Å²) in [4.78, 5) is 7.75. The molecular weight excluding hydrogens is 274 g/mol. The lowest BCUT2D eigenvalue weighted by molar-refractivity contribution is 0.622. The monoisotopic (exact) mass is 282 g/mol. The molecule has 0 atom stereocenters. The molecule has 1 heterocycles. The summed E-state index contributed by atoms with van der Waals surface area (Å²) in [5.41, 5.74) is 11.9. The third kappa shape index (κ3) is 2.97. The molecule has 0 saturated carbocycles. The summed E-state index contributed by atoms with van der Waals surface area (Å²) in [5.74, 6) is -1.14. The average Bonchev–Trinajstić information content (AvgIpc) is 2.33. The molecular formula is C12H9ClF2N4. The molecule has 0 amide bonds. The number of hydrogen-bond donors (Lipinski definition) is 2. The molecule has 1 aromatic carbocycles. The Bertz CT molecular complexity index is 658. The van der Waals surface area contributed by atoms with E-state index in [-0.39, 0.29) is 22.2 Å². The van der Waals surface area contributed by atoms with Gasteiger partial charge in [-0.1, -0.05) is 11.6 Å². The number of hydrogen-bond acceptors (Lipinski definition) is 3. The lowest BCUT2D eigenvalue weighted by atomic mass is 10.2. The Morgan fingerprint density at radius 1 is 1.26 bits per heavy atom. The van der Waals surface area contributed by atoms with E-state index >= 15 is 0 Å². The lowest BCUT2D eigenvalue weighted by Crippen LogP contribution is -2.17. The molecule has 0 saturated heterocycles. The van der Waals surface area contributed by atoms with Gasteiger partial charge in [0.25, 0.3) is 0 Å². The molecule has 98 valence electrons. The maximum atomic E-state index is 13.0. The van der Waals surface area contributed by atoms with Crippen molar-refractivity contribution in [3.63, 3.8) is 0 Å². The molecule has 1 aromatic heterocycles. The van der Waals surface area contributed by atoms with Crippen LogP contribution >= 0.6 is 11.6 Å². The molecule has 2 aromatic rings. The van der Waals surface area contributed by atoms with Crippen LogP contribution in [0.5, 0.6) is 0 Å². The van der Waals surface area contributed by atoms with Crippen LogP contribution in [0.3, 0.4) is 0 Å². The second-order valence-corrected chi connectivity index (χ2v) is 4.09. The Labute approximate surface area is 112 Å². The van der Waals surface area contributed by atoms with E-state index in [0.29, 0.717) is 5.69 Å². The number of halogens is 3. The maximum absolute atomic E-state index is 13.0. The van der Waals surface area contributed by atoms with E-state index in [4.69, 9.17) is 23.1 Å². The first-order valence-corrected chi connectivity index (χ1v) is 5.56. The zero-order chi connectivity index (χ0) is 14.0. The molecule has 0 radical (unpaired) electrons. The normalized spacial score (nSPS) is 11.6. The summed E-state index contributed by atoms with van der Waals surface area (Å²) in [6.45, 7) is 0. The number of aliphatic imine (C=N–C) groups is 1. The lowest BCUT2D eigenvalue weighted by Gasteiger charge is -2.04. The van der Waals surface area contributed by atoms with Gasteiger partial charge in [-0.3, -0.25) is 0 Å². The van der Waals surface area contributed by atoms with Gasteiger partial charge >= 0.3 is 0 Å². The number of nitrogens with zero attached hydrogens (tertiary/aromatic N) is 2. The summed E-state index contributed by atoms with van der Waals surface area (Å²) < 4.78 is 25.8. The third-order valence-electron chi connectivity index (χ3n) is 2.28. The first-order chi connectivity index (χ1) is 8.97. The van der Waals surface area contributed by atoms with Crippen LogP contribution < -0.4 is 11.5 Å². The number of amidine groups is 1. The number of benzene rings is 1. The molecule has 2 rings (SSSR count). The second-order valence-electron chi connectivity index (χ2n) is 3.69. The van der Waals surface area contributed by atoms with Crippen LogP contribution in [0, 0.1) is 11.6 Å². The van der Waals surface area contributed by atoms with Gasteiger partial charge < -0.3 is 11.5 Å². The average molecular weight is 283 g/mol. The summed E-state index contributed by atoms with van der Waals surface area (Å²) in [6, 6.07) is 4.95. The smallest absolute Gasteiger partial charge is 0.152 e. The first kappa shape index (κ1) is 13.2. The van der Waals surface area contributed by atoms with Gasteiger partial charge in [-0.2, -0.15) is 0 Å². The fraction of sp³-hybridized carbons (Fsp3) is 0. The number of pyridine rings is 1. The van der Waals surface area contributed by atoms with Gasteiger partial charge in [0, 0.05) is 6.07 Å². The molecule has 7 heteroatoms. The van der Waals surface area contributed by atoms with E-state index in [1.807, 2.05) is 0 Å². The van der Waals surface area contributed by atoms with Crippen molar-refractivity contribution in [2.45, 2.75) is 0 Å². The fourth-order valence-electron chi connectivity index (χ4n) is 1.42. The zero-order valence-electron chi connectivity index (χ0n) is 9.57. The molecule has 0 aliphatic heterocycles. The fourth-order valence-corrected chi connectivity index (χ4v) is 1.59. The Morgan fingerprint density at radius 3 is 2.63 bits per heavy atom. The quantitative estimate of drug-likeness (QED) is 0.656. The Balaban J connectivity index is 2.39. The van der Waals surface area contributed by atoms with Gasteiger partial charge in [-0.05, 0) is 18.2 Å². The van der Waals surface area contributed by atoms with Crippen molar-refractivity contribution in [1.82, 2.24) is 4.98 Å². The van der Waals surface area contributed by atoms with Crippen molar-refractivity contribution in [1.29, 1.82) is 0 Å². The van der Waals surface area contributed by atoms with Crippen LogP contribution in [-0.4, -0.2) is 10.8 Å². The van der Waals surface area contributed by atoms with E-state index in [1.165, 1.54) is 12.1 Å². The standard InChI is InChI=1S/C12H9ClF2N4/c13-8-4-7(1-2-9(8)15)19-12(17)11-10(16)3-6(14)5-18-11/h1-5H,16H2,(H2,17,19). The number of rotatable bonds is 2. The number of nitrogens with two attached hydrogens (primary N) is 2. The predicted molar refractivity (Wildman–Crippen MR) is 70.4 cm³/mol. The molecule has 19 heavy (non-hydrogen) atoms. The highest BCUT2D eigenvalue weighted by atomic mass is 35.5. The van der Waals surface area contributed by atoms with Crippen molar-refractivity contribution in [2.75, 3.05) is 5.73 Å². The summed E-state index contributed by atoms with van der Waals surface area (Å²) in [6.07, 6.45) is 0.978. The van der Waals surface area contributed by atoms with Crippen LogP contribution in [0.4, 0.5) is 20.2 Å². The van der Waals surface area contributed by atoms with E-state index in [9.17, 15) is 8.78 Å². The topological polar surface area (TPSA) is 77.3 Å². The van der Waals surface area contributed by atoms with Crippen LogP contribution in [0.2, 0.25) is 5.02 Å². The van der Waals surface area contributed by atoms with Crippen LogP contribution in [0.1, 0.15) is 5.69 Å². The van der Waals surface area contributed by atoms with Crippen molar-refractivity contribution in [3.8, 4) is 0 Å². The largest absolute Gasteiger partial charge is 0.397 e. The minimum Gasteiger partial charge on any atom is -0.397 e. The highest BCUT2D eigenvalue weighted by molar-refractivity contribution is 6.31. The molecule has 0 aliphatic carbocycles. The van der Waals surface area contributed by atoms with Crippen molar-refractivity contribution >= 4 is 28.8 Å². The Hall–Kier alpha value is -2.21. The van der Waals surface area contributed by atoms with Gasteiger partial charge in [0.1, 0.15) is 17.3 Å². The van der Waals surface area contributed by atoms with Gasteiger partial charge in [-0.25, -0.2) is 18.8 Å². The molecule has 0 aliphatic rings. The Morgan fingerprint density at radius 2 is 2.00 bits per heavy atom. The highest BCUT2D eigenvalue weighted by Gasteiger charge is 2.08. The highest BCUT2D eigenvalue weighted by Crippen LogP contribution is 2.22. The third-order valence-corrected chi connectivity index (χ3v) is 2.57. The number of nitrogen functional groups attached to an aromatic ring is 1. The van der Waals surface area contributed by atoms with Crippen LogP contribution in [-0.2, 0) is 0 Å². The van der Waals surface area contributed by atoms with E-state index < -0.39 is 11.6 Å². The molecule has 4 N–H and O–H groups in total. The molecule has 4 nitrogen and oxygen atoms in total. The van der Waals surface area contributed by atoms with Gasteiger partial charge in [0.05, 0.1) is 22.6 Å². The predicted octanol–water partition coefficient (Wildman–Crippen LogP) is 2.63. The van der Waals surface area contributed by atoms with Crippen LogP contribution in [0.25, 0.3) is 0 Å². The van der Waals surface area contributed by atoms with Crippen molar-refractivity contribution in [3.05, 3.63) is 52.8 Å². The van der Waals surface area contributed by atoms with E-state index in [1.54, 1.807) is 0 Å². The molecule has 0 unspecified atom stereocenters. The van der Waals surface area contributed by atoms with Crippen molar-refractivity contribution < 1.29 is 8.78 Å². The number of anilines is 1. The van der Waals surface area contributed by atoms with Gasteiger partial charge in [-0.15, -0.1) is 0 Å². The summed E-state index contributed by atoms with van der Waals surface area (Å²) in [7, 11) is 0. The summed E-state index contributed by atoms with van der Waals surface area (Å²) >= 11 is 5.62. The first-order valence-electron chi connectivity index (χ1n) is 5.18. The second kappa shape index (κ2) is 5.19.